The second-order valence-corrected chi connectivity index (χ2v) is 5.37. The number of halogens is 1. The van der Waals surface area contributed by atoms with Crippen LogP contribution in [0.1, 0.15) is 17.7 Å². The van der Waals surface area contributed by atoms with Crippen LogP contribution in [-0.4, -0.2) is 26.8 Å². The zero-order chi connectivity index (χ0) is 11.1. The lowest BCUT2D eigenvalue weighted by atomic mass is 10.1. The minimum atomic E-state index is 0.551. The fourth-order valence-corrected chi connectivity index (χ4v) is 3.11. The van der Waals surface area contributed by atoms with E-state index in [4.69, 9.17) is 4.74 Å². The summed E-state index contributed by atoms with van der Waals surface area (Å²) in [6, 6.07) is 2.66. The van der Waals surface area contributed by atoms with Gasteiger partial charge in [-0.3, -0.25) is 0 Å². The molecule has 0 spiro atoms. The molecule has 0 saturated carbocycles. The average Bonchev–Trinajstić information content (AvgIpc) is 2.63. The maximum absolute atomic E-state index is 5.06. The molecule has 1 heterocycles. The van der Waals surface area contributed by atoms with Crippen molar-refractivity contribution >= 4 is 27.3 Å². The molecular weight excluding hydrogens is 274 g/mol. The Hall–Kier alpha value is 0.100. The van der Waals surface area contributed by atoms with Crippen molar-refractivity contribution in [3.05, 3.63) is 20.8 Å². The molecule has 0 amide bonds. The predicted octanol–water partition coefficient (Wildman–Crippen LogP) is 3.07. The standard InChI is InChI=1S/C11H18BrNOS/c1-13-9(4-3-6-14-2)8-11-10(12)5-7-15-11/h5,7,9,13H,3-4,6,8H2,1-2H3. The summed E-state index contributed by atoms with van der Waals surface area (Å²) in [5.41, 5.74) is 0. The van der Waals surface area contributed by atoms with Gasteiger partial charge in [0.1, 0.15) is 0 Å². The van der Waals surface area contributed by atoms with Gasteiger partial charge in [-0.05, 0) is 53.7 Å². The van der Waals surface area contributed by atoms with Crippen LogP contribution in [0.15, 0.2) is 15.9 Å². The molecule has 1 aromatic rings. The lowest BCUT2D eigenvalue weighted by Crippen LogP contribution is -2.27. The van der Waals surface area contributed by atoms with Gasteiger partial charge in [0.05, 0.1) is 0 Å². The summed E-state index contributed by atoms with van der Waals surface area (Å²) in [5, 5.41) is 5.48. The summed E-state index contributed by atoms with van der Waals surface area (Å²) in [6.45, 7) is 0.851. The molecule has 1 N–H and O–H groups in total. The van der Waals surface area contributed by atoms with Gasteiger partial charge in [0.15, 0.2) is 0 Å². The molecule has 0 aromatic carbocycles. The molecule has 0 radical (unpaired) electrons. The van der Waals surface area contributed by atoms with Crippen LogP contribution in [0, 0.1) is 0 Å². The lowest BCUT2D eigenvalue weighted by molar-refractivity contribution is 0.189. The Bertz CT molecular complexity index is 277. The molecule has 0 aliphatic rings. The van der Waals surface area contributed by atoms with Crippen molar-refractivity contribution in [3.8, 4) is 0 Å². The summed E-state index contributed by atoms with van der Waals surface area (Å²) in [4.78, 5) is 1.42. The van der Waals surface area contributed by atoms with E-state index in [0.717, 1.165) is 25.9 Å². The van der Waals surface area contributed by atoms with Gasteiger partial charge in [-0.2, -0.15) is 0 Å². The van der Waals surface area contributed by atoms with Gasteiger partial charge >= 0.3 is 0 Å². The molecule has 4 heteroatoms. The van der Waals surface area contributed by atoms with E-state index in [0.29, 0.717) is 6.04 Å². The summed E-state index contributed by atoms with van der Waals surface area (Å²) in [5.74, 6) is 0. The van der Waals surface area contributed by atoms with Crippen molar-refractivity contribution in [3.63, 3.8) is 0 Å². The number of thiophene rings is 1. The van der Waals surface area contributed by atoms with Crippen LogP contribution in [0.5, 0.6) is 0 Å². The van der Waals surface area contributed by atoms with Crippen molar-refractivity contribution in [2.45, 2.75) is 25.3 Å². The minimum Gasteiger partial charge on any atom is -0.385 e. The molecule has 1 rings (SSSR count). The Labute approximate surface area is 104 Å². The molecular formula is C11H18BrNOS. The van der Waals surface area contributed by atoms with Gasteiger partial charge in [0.2, 0.25) is 0 Å². The van der Waals surface area contributed by atoms with Gasteiger partial charge in [-0.15, -0.1) is 11.3 Å². The third-order valence-corrected chi connectivity index (χ3v) is 4.38. The van der Waals surface area contributed by atoms with E-state index in [9.17, 15) is 0 Å². The molecule has 0 saturated heterocycles. The number of methoxy groups -OCH3 is 1. The van der Waals surface area contributed by atoms with Gasteiger partial charge in [-0.25, -0.2) is 0 Å². The molecule has 1 atom stereocenters. The first kappa shape index (κ1) is 13.2. The van der Waals surface area contributed by atoms with Crippen LogP contribution in [0.4, 0.5) is 0 Å². The molecule has 0 aliphatic carbocycles. The maximum Gasteiger partial charge on any atom is 0.0462 e. The third kappa shape index (κ3) is 4.64. The minimum absolute atomic E-state index is 0.551. The van der Waals surface area contributed by atoms with Crippen molar-refractivity contribution in [1.29, 1.82) is 0 Å². The van der Waals surface area contributed by atoms with Crippen molar-refractivity contribution in [1.82, 2.24) is 5.32 Å². The molecule has 0 fully saturated rings. The molecule has 1 unspecified atom stereocenters. The van der Waals surface area contributed by atoms with Gasteiger partial charge in [-0.1, -0.05) is 0 Å². The van der Waals surface area contributed by atoms with Gasteiger partial charge in [0, 0.05) is 29.1 Å². The van der Waals surface area contributed by atoms with Crippen LogP contribution in [0.25, 0.3) is 0 Å². The zero-order valence-electron chi connectivity index (χ0n) is 9.25. The molecule has 0 bridgehead atoms. The highest BCUT2D eigenvalue weighted by atomic mass is 79.9. The lowest BCUT2D eigenvalue weighted by Gasteiger charge is -2.15. The molecule has 15 heavy (non-hydrogen) atoms. The Morgan fingerprint density at radius 3 is 2.93 bits per heavy atom. The van der Waals surface area contributed by atoms with Crippen LogP contribution < -0.4 is 5.32 Å². The Morgan fingerprint density at radius 1 is 1.60 bits per heavy atom. The fourth-order valence-electron chi connectivity index (χ4n) is 1.52. The van der Waals surface area contributed by atoms with E-state index in [-0.39, 0.29) is 0 Å². The number of hydrogen-bond donors (Lipinski definition) is 1. The first-order chi connectivity index (χ1) is 7.27. The summed E-state index contributed by atoms with van der Waals surface area (Å²) in [6.07, 6.45) is 3.37. The topological polar surface area (TPSA) is 21.3 Å². The van der Waals surface area contributed by atoms with Crippen LogP contribution in [-0.2, 0) is 11.2 Å². The number of likely N-dealkylation sites (N-methyl/N-ethyl adjacent to an activating group) is 1. The van der Waals surface area contributed by atoms with Crippen molar-refractivity contribution < 1.29 is 4.74 Å². The monoisotopic (exact) mass is 291 g/mol. The summed E-state index contributed by atoms with van der Waals surface area (Å²) >= 11 is 5.38. The Balaban J connectivity index is 2.36. The maximum atomic E-state index is 5.06. The highest BCUT2D eigenvalue weighted by molar-refractivity contribution is 9.10. The Morgan fingerprint density at radius 2 is 2.40 bits per heavy atom. The van der Waals surface area contributed by atoms with Crippen molar-refractivity contribution in [2.75, 3.05) is 20.8 Å². The van der Waals surface area contributed by atoms with E-state index in [1.807, 2.05) is 18.4 Å². The van der Waals surface area contributed by atoms with Gasteiger partial charge in [0.25, 0.3) is 0 Å². The quantitative estimate of drug-likeness (QED) is 0.780. The number of nitrogens with one attached hydrogen (secondary N) is 1. The highest BCUT2D eigenvalue weighted by Crippen LogP contribution is 2.24. The Kier molecular flexibility index (Phi) is 6.48. The van der Waals surface area contributed by atoms with Crippen molar-refractivity contribution in [2.24, 2.45) is 0 Å². The second-order valence-electron chi connectivity index (χ2n) is 3.52. The molecule has 0 aliphatic heterocycles. The normalized spacial score (nSPS) is 13.0. The third-order valence-electron chi connectivity index (χ3n) is 2.43. The summed E-state index contributed by atoms with van der Waals surface area (Å²) < 4.78 is 6.30. The highest BCUT2D eigenvalue weighted by Gasteiger charge is 2.10. The van der Waals surface area contributed by atoms with Gasteiger partial charge < -0.3 is 10.1 Å². The second kappa shape index (κ2) is 7.39. The molecule has 1 aromatic heterocycles. The first-order valence-corrected chi connectivity index (χ1v) is 6.83. The van der Waals surface area contributed by atoms with E-state index in [1.165, 1.54) is 9.35 Å². The molecule has 2 nitrogen and oxygen atoms in total. The van der Waals surface area contributed by atoms with E-state index >= 15 is 0 Å². The van der Waals surface area contributed by atoms with Crippen LogP contribution in [0.3, 0.4) is 0 Å². The average molecular weight is 292 g/mol. The smallest absolute Gasteiger partial charge is 0.0462 e. The number of rotatable bonds is 7. The zero-order valence-corrected chi connectivity index (χ0v) is 11.7. The van der Waals surface area contributed by atoms with E-state index < -0.39 is 0 Å². The number of ether oxygens (including phenoxy) is 1. The SMILES string of the molecule is CNC(CCCOC)Cc1sccc1Br. The van der Waals surface area contributed by atoms with Crippen LogP contribution in [0.2, 0.25) is 0 Å². The van der Waals surface area contributed by atoms with Crippen LogP contribution >= 0.6 is 27.3 Å². The predicted molar refractivity (Wildman–Crippen MR) is 69.7 cm³/mol. The first-order valence-electron chi connectivity index (χ1n) is 5.16. The molecule has 86 valence electrons. The number of hydrogen-bond acceptors (Lipinski definition) is 3. The van der Waals surface area contributed by atoms with E-state index in [1.54, 1.807) is 7.11 Å². The van der Waals surface area contributed by atoms with E-state index in [2.05, 4.69) is 32.7 Å². The largest absolute Gasteiger partial charge is 0.385 e. The summed E-state index contributed by atoms with van der Waals surface area (Å²) in [7, 11) is 3.78. The fraction of sp³-hybridized carbons (Fsp3) is 0.636.